The Kier molecular flexibility index (Phi) is 6.15. The summed E-state index contributed by atoms with van der Waals surface area (Å²) in [6.45, 7) is 11.6. The number of rotatable bonds is 6. The van der Waals surface area contributed by atoms with Crippen LogP contribution in [0.3, 0.4) is 0 Å². The predicted octanol–water partition coefficient (Wildman–Crippen LogP) is 3.62. The van der Waals surface area contributed by atoms with Crippen molar-refractivity contribution in [3.63, 3.8) is 0 Å². The van der Waals surface area contributed by atoms with Crippen molar-refractivity contribution >= 4 is 39.6 Å². The summed E-state index contributed by atoms with van der Waals surface area (Å²) in [4.78, 5) is 0. The topological polar surface area (TPSA) is 0 Å². The third kappa shape index (κ3) is 5.29. The van der Waals surface area contributed by atoms with Crippen LogP contribution in [0.15, 0.2) is 18.2 Å². The van der Waals surface area contributed by atoms with Crippen molar-refractivity contribution in [3.05, 3.63) is 23.8 Å². The highest BCUT2D eigenvalue weighted by Crippen LogP contribution is 2.07. The SMILES string of the molecule is CCCCC(Cl)[Si]c1cc(C)cc([Si](C)(C)C)c1. The Balaban J connectivity index is 2.80. The third-order valence-electron chi connectivity index (χ3n) is 3.08. The lowest BCUT2D eigenvalue weighted by molar-refractivity contribution is 0.754. The van der Waals surface area contributed by atoms with Crippen LogP contribution in [0.5, 0.6) is 0 Å². The molecule has 1 unspecified atom stereocenters. The maximum absolute atomic E-state index is 6.44. The summed E-state index contributed by atoms with van der Waals surface area (Å²) in [5.74, 6) is 0. The first-order valence-electron chi connectivity index (χ1n) is 6.85. The molecule has 1 aromatic carbocycles. The summed E-state index contributed by atoms with van der Waals surface area (Å²) in [6, 6.07) is 7.07. The molecule has 0 aliphatic rings. The van der Waals surface area contributed by atoms with Gasteiger partial charge in [0.05, 0.1) is 8.07 Å². The number of aryl methyl sites for hydroxylation is 1. The zero-order chi connectivity index (χ0) is 13.8. The zero-order valence-electron chi connectivity index (χ0n) is 12.3. The van der Waals surface area contributed by atoms with Gasteiger partial charge in [-0.15, -0.1) is 11.6 Å². The molecule has 0 saturated carbocycles. The van der Waals surface area contributed by atoms with Gasteiger partial charge in [-0.2, -0.15) is 0 Å². The van der Waals surface area contributed by atoms with Crippen molar-refractivity contribution in [2.45, 2.75) is 57.8 Å². The first-order chi connectivity index (χ1) is 8.32. The molecule has 100 valence electrons. The lowest BCUT2D eigenvalue weighted by Crippen LogP contribution is -2.41. The van der Waals surface area contributed by atoms with E-state index in [0.29, 0.717) is 5.00 Å². The molecule has 0 spiro atoms. The molecule has 2 radical (unpaired) electrons. The van der Waals surface area contributed by atoms with Crippen LogP contribution in [-0.4, -0.2) is 22.6 Å². The first-order valence-corrected chi connectivity index (χ1v) is 11.9. The maximum Gasteiger partial charge on any atom is 0.103 e. The second kappa shape index (κ2) is 6.92. The highest BCUT2D eigenvalue weighted by Gasteiger charge is 2.18. The normalized spacial score (nSPS) is 13.7. The lowest BCUT2D eigenvalue weighted by atomic mass is 10.2. The predicted molar refractivity (Wildman–Crippen MR) is 88.7 cm³/mol. The van der Waals surface area contributed by atoms with Gasteiger partial charge in [0.25, 0.3) is 0 Å². The second-order valence-corrected chi connectivity index (χ2v) is 13.6. The van der Waals surface area contributed by atoms with Crippen LogP contribution >= 0.6 is 11.6 Å². The Hall–Kier alpha value is -0.0562. The van der Waals surface area contributed by atoms with Gasteiger partial charge in [-0.05, 0) is 13.3 Å². The van der Waals surface area contributed by atoms with E-state index in [9.17, 15) is 0 Å². The second-order valence-electron chi connectivity index (χ2n) is 6.09. The molecule has 1 atom stereocenters. The average molecular weight is 297 g/mol. The van der Waals surface area contributed by atoms with Crippen LogP contribution < -0.4 is 10.4 Å². The monoisotopic (exact) mass is 296 g/mol. The van der Waals surface area contributed by atoms with Crippen molar-refractivity contribution < 1.29 is 0 Å². The van der Waals surface area contributed by atoms with Gasteiger partial charge < -0.3 is 0 Å². The van der Waals surface area contributed by atoms with E-state index in [-0.39, 0.29) is 0 Å². The average Bonchev–Trinajstić information content (AvgIpc) is 2.24. The number of hydrogen-bond donors (Lipinski definition) is 0. The van der Waals surface area contributed by atoms with Crippen LogP contribution in [0.1, 0.15) is 31.7 Å². The zero-order valence-corrected chi connectivity index (χ0v) is 15.1. The van der Waals surface area contributed by atoms with Gasteiger partial charge in [-0.25, -0.2) is 0 Å². The Morgan fingerprint density at radius 3 is 2.44 bits per heavy atom. The molecular weight excluding hydrogens is 272 g/mol. The van der Waals surface area contributed by atoms with E-state index >= 15 is 0 Å². The van der Waals surface area contributed by atoms with Gasteiger partial charge in [0.2, 0.25) is 0 Å². The fourth-order valence-electron chi connectivity index (χ4n) is 1.94. The largest absolute Gasteiger partial charge is 0.127 e. The van der Waals surface area contributed by atoms with E-state index < -0.39 is 8.07 Å². The number of hydrogen-bond acceptors (Lipinski definition) is 0. The summed E-state index contributed by atoms with van der Waals surface area (Å²) in [6.07, 6.45) is 3.63. The maximum atomic E-state index is 6.44. The Labute approximate surface area is 121 Å². The molecule has 0 aliphatic carbocycles. The molecule has 0 aliphatic heterocycles. The van der Waals surface area contributed by atoms with E-state index in [4.69, 9.17) is 11.6 Å². The molecule has 0 aromatic heterocycles. The number of alkyl halides is 1. The quantitative estimate of drug-likeness (QED) is 0.555. The standard InChI is InChI=1S/C15H25ClSi2/c1-6-7-8-15(16)17-13-9-12(2)10-14(11-13)18(3,4)5/h9-11,15H,6-8H2,1-5H3. The minimum atomic E-state index is -1.21. The summed E-state index contributed by atoms with van der Waals surface area (Å²) in [5.41, 5.74) is 1.39. The van der Waals surface area contributed by atoms with Crippen molar-refractivity contribution in [3.8, 4) is 0 Å². The van der Waals surface area contributed by atoms with Gasteiger partial charge in [-0.1, -0.05) is 73.5 Å². The van der Waals surface area contributed by atoms with Crippen LogP contribution in [0.4, 0.5) is 0 Å². The molecule has 0 nitrogen and oxygen atoms in total. The van der Waals surface area contributed by atoms with Crippen molar-refractivity contribution in [1.29, 1.82) is 0 Å². The lowest BCUT2D eigenvalue weighted by Gasteiger charge is -2.19. The third-order valence-corrected chi connectivity index (χ3v) is 6.87. The van der Waals surface area contributed by atoms with Crippen molar-refractivity contribution in [2.75, 3.05) is 0 Å². The van der Waals surface area contributed by atoms with E-state index in [1.54, 1.807) is 5.19 Å². The Morgan fingerprint density at radius 2 is 1.89 bits per heavy atom. The molecule has 1 rings (SSSR count). The summed E-state index contributed by atoms with van der Waals surface area (Å²) < 4.78 is 0. The molecule has 0 bridgehead atoms. The number of halogens is 1. The Bertz CT molecular complexity index is 383. The molecule has 18 heavy (non-hydrogen) atoms. The molecular formula is C15H25ClSi2. The molecule has 3 heteroatoms. The molecule has 0 N–H and O–H groups in total. The van der Waals surface area contributed by atoms with Gasteiger partial charge in [0.15, 0.2) is 0 Å². The smallest absolute Gasteiger partial charge is 0.103 e. The van der Waals surface area contributed by atoms with E-state index in [0.717, 1.165) is 15.9 Å². The number of unbranched alkanes of at least 4 members (excludes halogenated alkanes) is 1. The van der Waals surface area contributed by atoms with Gasteiger partial charge in [0, 0.05) is 5.00 Å². The fraction of sp³-hybridized carbons (Fsp3) is 0.600. The van der Waals surface area contributed by atoms with Gasteiger partial charge in [-0.3, -0.25) is 0 Å². The minimum absolute atomic E-state index is 0.321. The summed E-state index contributed by atoms with van der Waals surface area (Å²) >= 11 is 6.44. The van der Waals surface area contributed by atoms with E-state index in [1.807, 2.05) is 0 Å². The van der Waals surface area contributed by atoms with Crippen molar-refractivity contribution in [2.24, 2.45) is 0 Å². The summed E-state index contributed by atoms with van der Waals surface area (Å²) in [5, 5.41) is 3.33. The first kappa shape index (κ1) is 16.0. The molecule has 0 heterocycles. The minimum Gasteiger partial charge on any atom is -0.127 e. The van der Waals surface area contributed by atoms with Gasteiger partial charge >= 0.3 is 0 Å². The molecule has 0 saturated heterocycles. The van der Waals surface area contributed by atoms with E-state index in [1.165, 1.54) is 23.6 Å². The molecule has 0 amide bonds. The summed E-state index contributed by atoms with van der Waals surface area (Å²) in [7, 11) is -0.464. The highest BCUT2D eigenvalue weighted by atomic mass is 35.5. The fourth-order valence-corrected chi connectivity index (χ4v) is 5.12. The molecule has 1 aromatic rings. The highest BCUT2D eigenvalue weighted by molar-refractivity contribution is 6.89. The van der Waals surface area contributed by atoms with Crippen LogP contribution in [0.25, 0.3) is 0 Å². The van der Waals surface area contributed by atoms with Crippen LogP contribution in [-0.2, 0) is 0 Å². The van der Waals surface area contributed by atoms with Crippen LogP contribution in [0, 0.1) is 6.92 Å². The van der Waals surface area contributed by atoms with E-state index in [2.05, 4.69) is 51.7 Å². The number of benzene rings is 1. The molecule has 0 fully saturated rings. The Morgan fingerprint density at radius 1 is 1.22 bits per heavy atom. The van der Waals surface area contributed by atoms with Crippen LogP contribution in [0.2, 0.25) is 19.6 Å². The van der Waals surface area contributed by atoms with Crippen molar-refractivity contribution in [1.82, 2.24) is 0 Å². The van der Waals surface area contributed by atoms with Gasteiger partial charge in [0.1, 0.15) is 9.52 Å².